The molecule has 0 aliphatic rings. The first-order valence-electron chi connectivity index (χ1n) is 2.36. The van der Waals surface area contributed by atoms with Crippen LogP contribution in [0.4, 0.5) is 0 Å². The monoisotopic (exact) mass is 220 g/mol. The maximum atomic E-state index is 4.99. The van der Waals surface area contributed by atoms with Crippen LogP contribution in [0.3, 0.4) is 0 Å². The molecule has 0 atom stereocenters. The summed E-state index contributed by atoms with van der Waals surface area (Å²) in [7, 11) is 0. The molecule has 0 spiro atoms. The molecule has 0 amide bonds. The fourth-order valence-corrected chi connectivity index (χ4v) is 0. The Morgan fingerprint density at radius 2 is 1.00 bits per heavy atom. The molecule has 60 valence electrons. The van der Waals surface area contributed by atoms with E-state index in [0.29, 0.717) is 0 Å². The van der Waals surface area contributed by atoms with Crippen LogP contribution in [-0.2, 0) is 0 Å². The first-order chi connectivity index (χ1) is 4.37. The van der Waals surface area contributed by atoms with Gasteiger partial charge in [0.25, 0.3) is 0 Å². The zero-order valence-corrected chi connectivity index (χ0v) is 8.74. The van der Waals surface area contributed by atoms with Crippen molar-refractivity contribution in [2.24, 2.45) is 0 Å². The zero-order chi connectivity index (χ0) is 8.73. The van der Waals surface area contributed by atoms with Crippen molar-refractivity contribution in [2.45, 2.75) is 13.8 Å². The normalized spacial score (nSPS) is 7.40. The summed E-state index contributed by atoms with van der Waals surface area (Å²) in [5.74, 6) is 0. The fourth-order valence-electron chi connectivity index (χ4n) is 0. The predicted molar refractivity (Wildman–Crippen MR) is 50.9 cm³/mol. The number of hydrogen-bond acceptors (Lipinski definition) is 0. The quantitative estimate of drug-likeness (QED) is 0.523. The molecule has 0 saturated heterocycles. The van der Waals surface area contributed by atoms with Gasteiger partial charge in [0, 0.05) is 0 Å². The van der Waals surface area contributed by atoms with Crippen LogP contribution in [0.1, 0.15) is 13.8 Å². The summed E-state index contributed by atoms with van der Waals surface area (Å²) in [6, 6.07) is 0. The first kappa shape index (κ1) is 13.2. The largest absolute Gasteiger partial charge is 0.136 e. The van der Waals surface area contributed by atoms with Gasteiger partial charge in [-0.3, -0.25) is 0 Å². The van der Waals surface area contributed by atoms with E-state index in [4.69, 9.17) is 46.4 Å². The molecule has 0 bridgehead atoms. The van der Waals surface area contributed by atoms with E-state index in [1.54, 1.807) is 0 Å². The molecular weight excluding hydrogens is 214 g/mol. The number of allylic oxidation sites excluding steroid dienone is 1. The Bertz CT molecular complexity index is 115. The van der Waals surface area contributed by atoms with Crippen LogP contribution in [-0.4, -0.2) is 0 Å². The van der Waals surface area contributed by atoms with E-state index >= 15 is 0 Å². The van der Waals surface area contributed by atoms with Gasteiger partial charge in [-0.05, 0) is 13.8 Å². The van der Waals surface area contributed by atoms with Gasteiger partial charge >= 0.3 is 0 Å². The Kier molecular flexibility index (Phi) is 10.3. The van der Waals surface area contributed by atoms with Crippen molar-refractivity contribution in [3.8, 4) is 0 Å². The molecule has 0 N–H and O–H groups in total. The van der Waals surface area contributed by atoms with Crippen LogP contribution in [0.15, 0.2) is 21.1 Å². The van der Waals surface area contributed by atoms with E-state index in [2.05, 4.69) is 6.58 Å². The van der Waals surface area contributed by atoms with Crippen molar-refractivity contribution >= 4 is 46.4 Å². The van der Waals surface area contributed by atoms with E-state index in [1.165, 1.54) is 5.57 Å². The van der Waals surface area contributed by atoms with E-state index in [1.807, 2.05) is 13.8 Å². The SMILES string of the molecule is C=C(C)C.ClC(Cl)=C(Cl)Cl. The molecular formula is C6H8Cl4. The Balaban J connectivity index is 0. The number of rotatable bonds is 0. The minimum Gasteiger partial charge on any atom is -0.100 e. The van der Waals surface area contributed by atoms with Gasteiger partial charge in [-0.15, -0.1) is 6.58 Å². The summed E-state index contributed by atoms with van der Waals surface area (Å²) in [6.45, 7) is 7.50. The van der Waals surface area contributed by atoms with Crippen molar-refractivity contribution < 1.29 is 0 Å². The third-order valence-corrected chi connectivity index (χ3v) is 1.29. The highest BCUT2D eigenvalue weighted by Crippen LogP contribution is 2.20. The number of halogens is 4. The molecule has 0 radical (unpaired) electrons. The standard InChI is InChI=1S/C4H8.C2Cl4/c1-4(2)3;3-1(4)2(5)6/h1H2,2-3H3;. The Morgan fingerprint density at radius 1 is 0.900 bits per heavy atom. The third kappa shape index (κ3) is 23.4. The van der Waals surface area contributed by atoms with Gasteiger partial charge in [0.15, 0.2) is 0 Å². The van der Waals surface area contributed by atoms with Crippen LogP contribution in [0.2, 0.25) is 0 Å². The highest BCUT2D eigenvalue weighted by molar-refractivity contribution is 6.67. The van der Waals surface area contributed by atoms with Gasteiger partial charge in [0.1, 0.15) is 8.98 Å². The van der Waals surface area contributed by atoms with Crippen molar-refractivity contribution in [1.82, 2.24) is 0 Å². The molecule has 0 heterocycles. The maximum absolute atomic E-state index is 4.99. The molecule has 0 fully saturated rings. The van der Waals surface area contributed by atoms with Crippen LogP contribution in [0.25, 0.3) is 0 Å². The van der Waals surface area contributed by atoms with Gasteiger partial charge in [0.2, 0.25) is 0 Å². The van der Waals surface area contributed by atoms with Gasteiger partial charge in [-0.2, -0.15) is 0 Å². The van der Waals surface area contributed by atoms with E-state index in [0.717, 1.165) is 0 Å². The van der Waals surface area contributed by atoms with Crippen molar-refractivity contribution in [1.29, 1.82) is 0 Å². The molecule has 0 aromatic carbocycles. The molecule has 4 heteroatoms. The smallest absolute Gasteiger partial charge is 0.100 e. The van der Waals surface area contributed by atoms with Crippen LogP contribution < -0.4 is 0 Å². The minimum absolute atomic E-state index is 0.0988. The lowest BCUT2D eigenvalue weighted by Crippen LogP contribution is -1.47. The van der Waals surface area contributed by atoms with E-state index in [-0.39, 0.29) is 8.98 Å². The van der Waals surface area contributed by atoms with Gasteiger partial charge < -0.3 is 0 Å². The summed E-state index contributed by atoms with van der Waals surface area (Å²) in [4.78, 5) is 0. The van der Waals surface area contributed by atoms with Crippen molar-refractivity contribution in [3.05, 3.63) is 21.1 Å². The fraction of sp³-hybridized carbons (Fsp3) is 0.333. The second kappa shape index (κ2) is 7.74. The summed E-state index contributed by atoms with van der Waals surface area (Å²) < 4.78 is -0.198. The topological polar surface area (TPSA) is 0 Å². The van der Waals surface area contributed by atoms with Crippen molar-refractivity contribution in [3.63, 3.8) is 0 Å². The lowest BCUT2D eigenvalue weighted by Gasteiger charge is -1.75. The minimum atomic E-state index is -0.0988. The van der Waals surface area contributed by atoms with E-state index in [9.17, 15) is 0 Å². The summed E-state index contributed by atoms with van der Waals surface area (Å²) >= 11 is 20.0. The van der Waals surface area contributed by atoms with Gasteiger partial charge in [-0.1, -0.05) is 52.0 Å². The molecule has 0 aliphatic heterocycles. The second-order valence-electron chi connectivity index (χ2n) is 1.73. The Morgan fingerprint density at radius 3 is 1.00 bits per heavy atom. The third-order valence-electron chi connectivity index (χ3n) is 0.143. The Labute approximate surface area is 81.4 Å². The molecule has 0 aromatic rings. The van der Waals surface area contributed by atoms with Crippen LogP contribution in [0, 0.1) is 0 Å². The average Bonchev–Trinajstić information content (AvgIpc) is 1.63. The zero-order valence-electron chi connectivity index (χ0n) is 5.72. The van der Waals surface area contributed by atoms with Gasteiger partial charge in [0.05, 0.1) is 0 Å². The molecule has 0 nitrogen and oxygen atoms in total. The van der Waals surface area contributed by atoms with E-state index < -0.39 is 0 Å². The predicted octanol–water partition coefficient (Wildman–Crippen LogP) is 4.65. The molecule has 0 unspecified atom stereocenters. The van der Waals surface area contributed by atoms with Crippen molar-refractivity contribution in [2.75, 3.05) is 0 Å². The van der Waals surface area contributed by atoms with Gasteiger partial charge in [-0.25, -0.2) is 0 Å². The Hall–Kier alpha value is 0.640. The molecule has 0 aliphatic carbocycles. The maximum Gasteiger partial charge on any atom is 0.136 e. The highest BCUT2D eigenvalue weighted by atomic mass is 35.5. The molecule has 0 aromatic heterocycles. The second-order valence-corrected chi connectivity index (χ2v) is 3.63. The lowest BCUT2D eigenvalue weighted by molar-refractivity contribution is 1.42. The molecule has 0 rings (SSSR count). The van der Waals surface area contributed by atoms with Crippen LogP contribution >= 0.6 is 46.4 Å². The average molecular weight is 222 g/mol. The highest BCUT2D eigenvalue weighted by Gasteiger charge is 1.88. The molecule has 10 heavy (non-hydrogen) atoms. The van der Waals surface area contributed by atoms with Crippen LogP contribution in [0.5, 0.6) is 0 Å². The lowest BCUT2D eigenvalue weighted by atomic mass is 10.4. The molecule has 0 saturated carbocycles. The number of hydrogen-bond donors (Lipinski definition) is 0. The summed E-state index contributed by atoms with van der Waals surface area (Å²) in [6.07, 6.45) is 0. The summed E-state index contributed by atoms with van der Waals surface area (Å²) in [5, 5.41) is 0. The first-order valence-corrected chi connectivity index (χ1v) is 3.87. The summed E-state index contributed by atoms with van der Waals surface area (Å²) in [5.41, 5.74) is 1.17.